The van der Waals surface area contributed by atoms with Crippen molar-refractivity contribution in [3.05, 3.63) is 42.1 Å². The first-order chi connectivity index (χ1) is 14.1. The van der Waals surface area contributed by atoms with Crippen LogP contribution in [0.3, 0.4) is 0 Å². The zero-order valence-electron chi connectivity index (χ0n) is 16.5. The van der Waals surface area contributed by atoms with Gasteiger partial charge in [-0.25, -0.2) is 4.98 Å². The molecule has 1 saturated heterocycles. The minimum absolute atomic E-state index is 0.180. The highest BCUT2D eigenvalue weighted by atomic mass is 16.7. The number of β-amino-alcohol motifs (C(OH)–C–C–N with tert-alkyl or cyclic N) is 1. The number of aliphatic hydroxyl groups excluding tert-OH is 1. The van der Waals surface area contributed by atoms with Crippen LogP contribution in [-0.2, 0) is 0 Å². The lowest BCUT2D eigenvalue weighted by molar-refractivity contribution is 0.102. The molecule has 1 aromatic carbocycles. The highest BCUT2D eigenvalue weighted by molar-refractivity contribution is 6.04. The summed E-state index contributed by atoms with van der Waals surface area (Å²) in [6.07, 6.45) is 2.39. The third kappa shape index (κ3) is 4.78. The molecule has 1 atom stereocenters. The number of carbonyl (C=O) groups excluding carboxylic acids is 1. The van der Waals surface area contributed by atoms with Crippen molar-refractivity contribution < 1.29 is 19.4 Å². The molecule has 1 aromatic heterocycles. The van der Waals surface area contributed by atoms with E-state index in [1.54, 1.807) is 24.4 Å². The molecule has 1 unspecified atom stereocenters. The summed E-state index contributed by atoms with van der Waals surface area (Å²) in [5, 5.41) is 12.5. The van der Waals surface area contributed by atoms with Gasteiger partial charge in [0.1, 0.15) is 5.82 Å². The number of carbonyl (C=O) groups is 1. The molecule has 3 heterocycles. The lowest BCUT2D eigenvalue weighted by Crippen LogP contribution is -2.35. The van der Waals surface area contributed by atoms with Crippen LogP contribution in [0.15, 0.2) is 36.5 Å². The topological polar surface area (TPSA) is 87.2 Å². The monoisotopic (exact) mass is 398 g/mol. The smallest absolute Gasteiger partial charge is 0.255 e. The second-order valence-electron chi connectivity index (χ2n) is 7.42. The van der Waals surface area contributed by atoms with E-state index in [0.717, 1.165) is 38.4 Å². The first-order valence-corrected chi connectivity index (χ1v) is 9.91. The van der Waals surface area contributed by atoms with Gasteiger partial charge in [0.05, 0.1) is 18.0 Å². The number of benzene rings is 1. The second-order valence-corrected chi connectivity index (χ2v) is 7.42. The molecular formula is C21H26N4O4. The Morgan fingerprint density at radius 2 is 2.03 bits per heavy atom. The lowest BCUT2D eigenvalue weighted by atomic mass is 10.2. The minimum Gasteiger partial charge on any atom is -0.454 e. The first-order valence-electron chi connectivity index (χ1n) is 9.91. The van der Waals surface area contributed by atoms with Gasteiger partial charge in [0.15, 0.2) is 11.5 Å². The third-order valence-corrected chi connectivity index (χ3v) is 5.08. The van der Waals surface area contributed by atoms with Crippen LogP contribution in [-0.4, -0.2) is 66.5 Å². The highest BCUT2D eigenvalue weighted by Gasteiger charge is 2.18. The Balaban J connectivity index is 1.36. The summed E-state index contributed by atoms with van der Waals surface area (Å²) < 4.78 is 10.6. The Hall–Kier alpha value is -2.84. The van der Waals surface area contributed by atoms with Crippen molar-refractivity contribution in [3.63, 3.8) is 0 Å². The van der Waals surface area contributed by atoms with Gasteiger partial charge >= 0.3 is 0 Å². The fourth-order valence-electron chi connectivity index (χ4n) is 3.64. The standard InChI is InChI=1S/C21H26N4O4/c1-15(26)13-24-7-2-8-25(10-9-24)20-6-4-17(12-22-20)23-21(27)16-3-5-18-19(11-16)29-14-28-18/h3-6,11-12,15,26H,2,7-10,13-14H2,1H3,(H,23,27). The van der Waals surface area contributed by atoms with E-state index >= 15 is 0 Å². The summed E-state index contributed by atoms with van der Waals surface area (Å²) in [6.45, 7) is 6.36. The van der Waals surface area contributed by atoms with E-state index in [1.165, 1.54) is 0 Å². The summed E-state index contributed by atoms with van der Waals surface area (Å²) >= 11 is 0. The maximum absolute atomic E-state index is 12.5. The Kier molecular flexibility index (Phi) is 5.82. The number of nitrogens with zero attached hydrogens (tertiary/aromatic N) is 3. The predicted octanol–water partition coefficient (Wildman–Crippen LogP) is 1.96. The number of hydrogen-bond acceptors (Lipinski definition) is 7. The minimum atomic E-state index is -0.313. The van der Waals surface area contributed by atoms with Gasteiger partial charge in [0.25, 0.3) is 5.91 Å². The number of pyridine rings is 1. The van der Waals surface area contributed by atoms with E-state index in [1.807, 2.05) is 19.1 Å². The highest BCUT2D eigenvalue weighted by Crippen LogP contribution is 2.32. The number of aromatic nitrogens is 1. The van der Waals surface area contributed by atoms with E-state index in [4.69, 9.17) is 9.47 Å². The fourth-order valence-corrected chi connectivity index (χ4v) is 3.64. The molecule has 154 valence electrons. The second kappa shape index (κ2) is 8.67. The van der Waals surface area contributed by atoms with Gasteiger partial charge in [-0.3, -0.25) is 9.69 Å². The van der Waals surface area contributed by atoms with Gasteiger partial charge in [0.2, 0.25) is 6.79 Å². The molecule has 2 aliphatic rings. The summed E-state index contributed by atoms with van der Waals surface area (Å²) in [5.74, 6) is 1.90. The fraction of sp³-hybridized carbons (Fsp3) is 0.429. The molecule has 2 aromatic rings. The summed E-state index contributed by atoms with van der Waals surface area (Å²) in [4.78, 5) is 21.6. The maximum Gasteiger partial charge on any atom is 0.255 e. The third-order valence-electron chi connectivity index (χ3n) is 5.08. The van der Waals surface area contributed by atoms with Crippen LogP contribution >= 0.6 is 0 Å². The van der Waals surface area contributed by atoms with E-state index in [9.17, 15) is 9.90 Å². The molecule has 29 heavy (non-hydrogen) atoms. The van der Waals surface area contributed by atoms with E-state index in [2.05, 4.69) is 20.1 Å². The van der Waals surface area contributed by atoms with Crippen LogP contribution in [0.1, 0.15) is 23.7 Å². The van der Waals surface area contributed by atoms with Gasteiger partial charge in [-0.15, -0.1) is 0 Å². The molecule has 0 bridgehead atoms. The van der Waals surface area contributed by atoms with Crippen LogP contribution in [0, 0.1) is 0 Å². The van der Waals surface area contributed by atoms with Gasteiger partial charge in [0, 0.05) is 31.7 Å². The molecule has 0 spiro atoms. The van der Waals surface area contributed by atoms with E-state index < -0.39 is 0 Å². The molecular weight excluding hydrogens is 372 g/mol. The number of hydrogen-bond donors (Lipinski definition) is 2. The molecule has 0 aliphatic carbocycles. The molecule has 4 rings (SSSR count). The quantitative estimate of drug-likeness (QED) is 0.796. The molecule has 8 heteroatoms. The summed E-state index contributed by atoms with van der Waals surface area (Å²) in [5.41, 5.74) is 1.14. The molecule has 0 saturated carbocycles. The summed E-state index contributed by atoms with van der Waals surface area (Å²) in [6, 6.07) is 8.92. The van der Waals surface area contributed by atoms with Crippen molar-refractivity contribution in [2.24, 2.45) is 0 Å². The first kappa shape index (κ1) is 19.5. The number of anilines is 2. The van der Waals surface area contributed by atoms with E-state index in [-0.39, 0.29) is 18.8 Å². The van der Waals surface area contributed by atoms with Crippen LogP contribution < -0.4 is 19.7 Å². The molecule has 0 radical (unpaired) electrons. The van der Waals surface area contributed by atoms with Crippen molar-refractivity contribution in [2.75, 3.05) is 49.7 Å². The maximum atomic E-state index is 12.5. The van der Waals surface area contributed by atoms with Gasteiger partial charge < -0.3 is 24.8 Å². The van der Waals surface area contributed by atoms with Crippen molar-refractivity contribution in [1.29, 1.82) is 0 Å². The van der Waals surface area contributed by atoms with Crippen molar-refractivity contribution in [3.8, 4) is 11.5 Å². The summed E-state index contributed by atoms with van der Waals surface area (Å²) in [7, 11) is 0. The zero-order chi connectivity index (χ0) is 20.2. The van der Waals surface area contributed by atoms with Crippen LogP contribution in [0.4, 0.5) is 11.5 Å². The number of ether oxygens (including phenoxy) is 2. The van der Waals surface area contributed by atoms with Gasteiger partial charge in [-0.1, -0.05) is 0 Å². The Bertz CT molecular complexity index is 856. The normalized spacial score (nSPS) is 17.7. The van der Waals surface area contributed by atoms with Crippen molar-refractivity contribution in [1.82, 2.24) is 9.88 Å². The molecule has 1 amide bonds. The predicted molar refractivity (Wildman–Crippen MR) is 110 cm³/mol. The van der Waals surface area contributed by atoms with Gasteiger partial charge in [-0.2, -0.15) is 0 Å². The SMILES string of the molecule is CC(O)CN1CCCN(c2ccc(NC(=O)c3ccc4c(c3)OCO4)cn2)CC1. The Morgan fingerprint density at radius 3 is 2.83 bits per heavy atom. The average molecular weight is 398 g/mol. The molecule has 2 N–H and O–H groups in total. The van der Waals surface area contributed by atoms with Crippen molar-refractivity contribution >= 4 is 17.4 Å². The van der Waals surface area contributed by atoms with Crippen LogP contribution in [0.25, 0.3) is 0 Å². The van der Waals surface area contributed by atoms with E-state index in [0.29, 0.717) is 29.3 Å². The molecule has 2 aliphatic heterocycles. The lowest BCUT2D eigenvalue weighted by Gasteiger charge is -2.23. The van der Waals surface area contributed by atoms with Crippen LogP contribution in [0.5, 0.6) is 11.5 Å². The molecule has 8 nitrogen and oxygen atoms in total. The zero-order valence-corrected chi connectivity index (χ0v) is 16.5. The number of aliphatic hydroxyl groups is 1. The Morgan fingerprint density at radius 1 is 1.17 bits per heavy atom. The number of rotatable bonds is 5. The van der Waals surface area contributed by atoms with Crippen molar-refractivity contribution in [2.45, 2.75) is 19.4 Å². The number of amides is 1. The van der Waals surface area contributed by atoms with Gasteiger partial charge in [-0.05, 0) is 50.2 Å². The average Bonchev–Trinajstić information content (AvgIpc) is 3.06. The number of nitrogens with one attached hydrogen (secondary N) is 1. The largest absolute Gasteiger partial charge is 0.454 e. The van der Waals surface area contributed by atoms with Crippen LogP contribution in [0.2, 0.25) is 0 Å². The number of fused-ring (bicyclic) bond motifs is 1. The Labute approximate surface area is 170 Å². The molecule has 1 fully saturated rings.